The Morgan fingerprint density at radius 3 is 2.65 bits per heavy atom. The monoisotopic (exact) mass is 351 g/mol. The number of imidazole rings is 1. The fraction of sp³-hybridized carbons (Fsp3) is 0.300. The lowest BCUT2D eigenvalue weighted by Crippen LogP contribution is -2.24. The first kappa shape index (κ1) is 16.4. The van der Waals surface area contributed by atoms with Crippen LogP contribution in [0.3, 0.4) is 0 Å². The van der Waals surface area contributed by atoms with Gasteiger partial charge >= 0.3 is 0 Å². The van der Waals surface area contributed by atoms with Gasteiger partial charge in [0.25, 0.3) is 5.91 Å². The highest BCUT2D eigenvalue weighted by Crippen LogP contribution is 2.33. The maximum Gasteiger partial charge on any atom is 0.251 e. The normalized spacial score (nSPS) is 13.0. The van der Waals surface area contributed by atoms with Gasteiger partial charge in [-0.25, -0.2) is 4.98 Å². The first-order valence-corrected chi connectivity index (χ1v) is 8.63. The van der Waals surface area contributed by atoms with Gasteiger partial charge in [-0.15, -0.1) is 0 Å². The summed E-state index contributed by atoms with van der Waals surface area (Å²) in [5, 5.41) is 2.98. The minimum absolute atomic E-state index is 0.128. The van der Waals surface area contributed by atoms with E-state index in [1.54, 1.807) is 6.07 Å². The summed E-state index contributed by atoms with van der Waals surface area (Å²) in [6, 6.07) is 9.67. The second-order valence-electron chi connectivity index (χ2n) is 6.53. The van der Waals surface area contributed by atoms with E-state index < -0.39 is 0 Å². The zero-order chi connectivity index (χ0) is 18.3. The minimum atomic E-state index is -0.128. The Hall–Kier alpha value is -3.02. The predicted octanol–water partition coefficient (Wildman–Crippen LogP) is 2.89. The van der Waals surface area contributed by atoms with Gasteiger partial charge in [-0.2, -0.15) is 0 Å². The van der Waals surface area contributed by atoms with Crippen molar-refractivity contribution in [2.45, 2.75) is 20.4 Å². The number of carbonyl (C=O) groups excluding carboxylic acids is 1. The van der Waals surface area contributed by atoms with E-state index in [4.69, 9.17) is 9.47 Å². The van der Waals surface area contributed by atoms with Crippen LogP contribution in [-0.4, -0.2) is 28.7 Å². The molecule has 134 valence electrons. The Kier molecular flexibility index (Phi) is 4.03. The van der Waals surface area contributed by atoms with E-state index in [9.17, 15) is 4.79 Å². The molecule has 1 amide bonds. The average molecular weight is 351 g/mol. The van der Waals surface area contributed by atoms with Crippen molar-refractivity contribution in [2.75, 3.05) is 13.2 Å². The lowest BCUT2D eigenvalue weighted by Gasteiger charge is -2.20. The van der Waals surface area contributed by atoms with Crippen molar-refractivity contribution in [3.63, 3.8) is 0 Å². The Balaban J connectivity index is 1.52. The lowest BCUT2D eigenvalue weighted by atomic mass is 10.1. The summed E-state index contributed by atoms with van der Waals surface area (Å²) in [5.41, 5.74) is 4.50. The number of rotatable bonds is 3. The SMILES string of the molecule is Cc1cc2c(cc1C(=O)NCc1ccc3c(c1)nc(C)n3C)OCCO2. The molecule has 0 aliphatic carbocycles. The summed E-state index contributed by atoms with van der Waals surface area (Å²) >= 11 is 0. The first-order valence-electron chi connectivity index (χ1n) is 8.63. The van der Waals surface area contributed by atoms with Crippen molar-refractivity contribution in [2.24, 2.45) is 7.05 Å². The third kappa shape index (κ3) is 2.87. The van der Waals surface area contributed by atoms with E-state index in [1.807, 2.05) is 45.2 Å². The molecule has 26 heavy (non-hydrogen) atoms. The van der Waals surface area contributed by atoms with Gasteiger partial charge in [0.1, 0.15) is 19.0 Å². The number of nitrogens with one attached hydrogen (secondary N) is 1. The number of fused-ring (bicyclic) bond motifs is 2. The predicted molar refractivity (Wildman–Crippen MR) is 98.8 cm³/mol. The van der Waals surface area contributed by atoms with Gasteiger partial charge in [-0.1, -0.05) is 6.07 Å². The molecule has 0 spiro atoms. The highest BCUT2D eigenvalue weighted by atomic mass is 16.6. The number of aryl methyl sites for hydroxylation is 3. The van der Waals surface area contributed by atoms with Crippen LogP contribution in [0.4, 0.5) is 0 Å². The van der Waals surface area contributed by atoms with Gasteiger partial charge < -0.3 is 19.4 Å². The molecule has 0 fully saturated rings. The van der Waals surface area contributed by atoms with Gasteiger partial charge in [-0.3, -0.25) is 4.79 Å². The summed E-state index contributed by atoms with van der Waals surface area (Å²) < 4.78 is 13.2. The maximum atomic E-state index is 12.6. The number of amides is 1. The maximum absolute atomic E-state index is 12.6. The molecule has 1 aliphatic rings. The fourth-order valence-electron chi connectivity index (χ4n) is 3.19. The molecule has 1 N–H and O–H groups in total. The summed E-state index contributed by atoms with van der Waals surface area (Å²) in [7, 11) is 2.00. The van der Waals surface area contributed by atoms with Crippen molar-refractivity contribution < 1.29 is 14.3 Å². The molecule has 1 aromatic heterocycles. The quantitative estimate of drug-likeness (QED) is 0.788. The van der Waals surface area contributed by atoms with E-state index in [0.717, 1.165) is 28.0 Å². The van der Waals surface area contributed by atoms with Crippen LogP contribution in [0.25, 0.3) is 11.0 Å². The highest BCUT2D eigenvalue weighted by Gasteiger charge is 2.18. The van der Waals surface area contributed by atoms with Crippen molar-refractivity contribution in [3.8, 4) is 11.5 Å². The molecular formula is C20H21N3O3. The lowest BCUT2D eigenvalue weighted by molar-refractivity contribution is 0.0949. The summed E-state index contributed by atoms with van der Waals surface area (Å²) in [5.74, 6) is 2.16. The molecule has 0 atom stereocenters. The van der Waals surface area contributed by atoms with Gasteiger partial charge in [0.2, 0.25) is 0 Å². The van der Waals surface area contributed by atoms with Crippen molar-refractivity contribution in [1.29, 1.82) is 0 Å². The number of hydrogen-bond donors (Lipinski definition) is 1. The van der Waals surface area contributed by atoms with Crippen LogP contribution >= 0.6 is 0 Å². The summed E-state index contributed by atoms with van der Waals surface area (Å²) in [4.78, 5) is 17.2. The molecule has 0 saturated carbocycles. The van der Waals surface area contributed by atoms with Gasteiger partial charge in [0.15, 0.2) is 11.5 Å². The molecule has 0 unspecified atom stereocenters. The Bertz CT molecular complexity index is 1010. The zero-order valence-corrected chi connectivity index (χ0v) is 15.1. The standard InChI is InChI=1S/C20H21N3O3/c1-12-8-18-19(26-7-6-25-18)10-15(12)20(24)21-11-14-4-5-17-16(9-14)22-13(2)23(17)3/h4-5,8-10H,6-7,11H2,1-3H3,(H,21,24). The number of nitrogens with zero attached hydrogens (tertiary/aromatic N) is 2. The number of ether oxygens (including phenoxy) is 2. The third-order valence-electron chi connectivity index (χ3n) is 4.76. The Morgan fingerprint density at radius 2 is 1.88 bits per heavy atom. The zero-order valence-electron chi connectivity index (χ0n) is 15.1. The van der Waals surface area contributed by atoms with Crippen LogP contribution in [0, 0.1) is 13.8 Å². The minimum Gasteiger partial charge on any atom is -0.486 e. The van der Waals surface area contributed by atoms with Crippen LogP contribution in [0.15, 0.2) is 30.3 Å². The van der Waals surface area contributed by atoms with E-state index in [2.05, 4.69) is 14.9 Å². The topological polar surface area (TPSA) is 65.4 Å². The van der Waals surface area contributed by atoms with E-state index in [1.165, 1.54) is 0 Å². The average Bonchev–Trinajstić information content (AvgIpc) is 2.92. The molecule has 2 heterocycles. The second kappa shape index (κ2) is 6.37. The van der Waals surface area contributed by atoms with Crippen LogP contribution in [0.1, 0.15) is 27.3 Å². The molecule has 1 aliphatic heterocycles. The number of carbonyl (C=O) groups is 1. The van der Waals surface area contributed by atoms with Crippen molar-refractivity contribution in [1.82, 2.24) is 14.9 Å². The number of aromatic nitrogens is 2. The van der Waals surface area contributed by atoms with Gasteiger partial charge in [-0.05, 0) is 49.2 Å². The molecular weight excluding hydrogens is 330 g/mol. The fourth-order valence-corrected chi connectivity index (χ4v) is 3.19. The molecule has 4 rings (SSSR count). The summed E-state index contributed by atoms with van der Waals surface area (Å²) in [6.07, 6.45) is 0. The number of hydrogen-bond acceptors (Lipinski definition) is 4. The first-order chi connectivity index (χ1) is 12.5. The van der Waals surface area contributed by atoms with E-state index in [-0.39, 0.29) is 5.91 Å². The highest BCUT2D eigenvalue weighted by molar-refractivity contribution is 5.96. The van der Waals surface area contributed by atoms with E-state index in [0.29, 0.717) is 36.8 Å². The summed E-state index contributed by atoms with van der Waals surface area (Å²) in [6.45, 7) is 5.36. The van der Waals surface area contributed by atoms with Gasteiger partial charge in [0, 0.05) is 19.2 Å². The van der Waals surface area contributed by atoms with Crippen molar-refractivity contribution >= 4 is 16.9 Å². The molecule has 3 aromatic rings. The molecule has 0 saturated heterocycles. The molecule has 0 radical (unpaired) electrons. The molecule has 6 nitrogen and oxygen atoms in total. The van der Waals surface area contributed by atoms with Crippen LogP contribution in [-0.2, 0) is 13.6 Å². The third-order valence-corrected chi connectivity index (χ3v) is 4.76. The van der Waals surface area contributed by atoms with Crippen molar-refractivity contribution in [3.05, 3.63) is 52.8 Å². The van der Waals surface area contributed by atoms with Crippen LogP contribution in [0.5, 0.6) is 11.5 Å². The Morgan fingerprint density at radius 1 is 1.15 bits per heavy atom. The smallest absolute Gasteiger partial charge is 0.251 e. The molecule has 6 heteroatoms. The molecule has 2 aromatic carbocycles. The van der Waals surface area contributed by atoms with Crippen LogP contribution < -0.4 is 14.8 Å². The second-order valence-corrected chi connectivity index (χ2v) is 6.53. The van der Waals surface area contributed by atoms with E-state index >= 15 is 0 Å². The Labute approximate surface area is 151 Å². The van der Waals surface area contributed by atoms with Gasteiger partial charge in [0.05, 0.1) is 11.0 Å². The number of benzene rings is 2. The largest absolute Gasteiger partial charge is 0.486 e. The molecule has 0 bridgehead atoms. The van der Waals surface area contributed by atoms with Crippen LogP contribution in [0.2, 0.25) is 0 Å².